The number of urea groups is 1. The Kier molecular flexibility index (Phi) is 3.27. The molecule has 3 N–H and O–H groups in total. The molecule has 1 aliphatic heterocycles. The van der Waals surface area contributed by atoms with Gasteiger partial charge in [0.25, 0.3) is 5.91 Å². The Balaban J connectivity index is 1.67. The normalized spacial score (nSPS) is 19.3. The first-order valence-corrected chi connectivity index (χ1v) is 8.56. The first-order chi connectivity index (χ1) is 13.5. The second-order valence-electron chi connectivity index (χ2n) is 6.77. The average molecular weight is 379 g/mol. The standard InChI is InChI=1S/C20H14FN3O4/c21-13-6-5-12-9-24(17(25)14(12)8-13)10-20(18(26)22-19(27)23-20)16-7-11-3-1-2-4-15(11)28-16/h1-9,25H,10H2,(H2,22,23,26,27)/t20-/m1/s1. The number of rotatable bonds is 3. The van der Waals surface area contributed by atoms with Crippen molar-refractivity contribution in [2.24, 2.45) is 0 Å². The van der Waals surface area contributed by atoms with Crippen molar-refractivity contribution in [2.75, 3.05) is 0 Å². The number of benzene rings is 2. The van der Waals surface area contributed by atoms with Crippen molar-refractivity contribution in [3.8, 4) is 5.88 Å². The van der Waals surface area contributed by atoms with E-state index in [1.165, 1.54) is 22.8 Å². The number of nitrogens with one attached hydrogen (secondary N) is 2. The van der Waals surface area contributed by atoms with E-state index in [0.717, 1.165) is 5.39 Å². The number of amides is 3. The van der Waals surface area contributed by atoms with Gasteiger partial charge >= 0.3 is 6.03 Å². The fourth-order valence-corrected chi connectivity index (χ4v) is 3.64. The highest BCUT2D eigenvalue weighted by Crippen LogP contribution is 2.35. The van der Waals surface area contributed by atoms with Crippen LogP contribution in [0.2, 0.25) is 0 Å². The number of fused-ring (bicyclic) bond motifs is 2. The molecule has 28 heavy (non-hydrogen) atoms. The van der Waals surface area contributed by atoms with Gasteiger partial charge in [0, 0.05) is 22.4 Å². The Morgan fingerprint density at radius 1 is 1.11 bits per heavy atom. The molecule has 8 heteroatoms. The Labute approximate surface area is 157 Å². The molecule has 0 radical (unpaired) electrons. The molecule has 140 valence electrons. The third kappa shape index (κ3) is 2.27. The molecule has 0 saturated carbocycles. The molecule has 1 atom stereocenters. The van der Waals surface area contributed by atoms with Gasteiger partial charge in [-0.2, -0.15) is 0 Å². The molecule has 0 aliphatic carbocycles. The zero-order chi connectivity index (χ0) is 19.5. The van der Waals surface area contributed by atoms with Crippen LogP contribution in [0, 0.1) is 5.82 Å². The van der Waals surface area contributed by atoms with E-state index in [0.29, 0.717) is 16.4 Å². The van der Waals surface area contributed by atoms with Crippen LogP contribution in [-0.2, 0) is 16.9 Å². The summed E-state index contributed by atoms with van der Waals surface area (Å²) in [5.74, 6) is -1.06. The molecular formula is C20H14FN3O4. The van der Waals surface area contributed by atoms with Crippen LogP contribution < -0.4 is 10.6 Å². The van der Waals surface area contributed by atoms with Crippen molar-refractivity contribution in [1.82, 2.24) is 15.2 Å². The van der Waals surface area contributed by atoms with Crippen LogP contribution in [0.15, 0.2) is 59.1 Å². The van der Waals surface area contributed by atoms with Gasteiger partial charge in [0.1, 0.15) is 17.2 Å². The van der Waals surface area contributed by atoms with E-state index in [9.17, 15) is 19.1 Å². The van der Waals surface area contributed by atoms with Gasteiger partial charge < -0.3 is 19.4 Å². The van der Waals surface area contributed by atoms with Crippen molar-refractivity contribution >= 4 is 33.7 Å². The molecule has 0 bridgehead atoms. The van der Waals surface area contributed by atoms with Gasteiger partial charge in [0.15, 0.2) is 11.4 Å². The maximum absolute atomic E-state index is 13.5. The van der Waals surface area contributed by atoms with Crippen molar-refractivity contribution < 1.29 is 23.5 Å². The van der Waals surface area contributed by atoms with Crippen molar-refractivity contribution in [3.63, 3.8) is 0 Å². The maximum Gasteiger partial charge on any atom is 0.322 e. The van der Waals surface area contributed by atoms with Crippen LogP contribution in [0.3, 0.4) is 0 Å². The third-order valence-electron chi connectivity index (χ3n) is 5.02. The van der Waals surface area contributed by atoms with E-state index in [1.54, 1.807) is 24.4 Å². The number of halogens is 1. The SMILES string of the molecule is O=C1NC(=O)[C@@](Cn2cc3ccc(F)cc3c2O)(c2cc3ccccc3o2)N1. The van der Waals surface area contributed by atoms with Gasteiger partial charge in [-0.05, 0) is 30.3 Å². The fourth-order valence-electron chi connectivity index (χ4n) is 3.64. The number of para-hydroxylation sites is 1. The summed E-state index contributed by atoms with van der Waals surface area (Å²) < 4.78 is 20.8. The molecule has 3 amide bonds. The number of furan rings is 1. The second kappa shape index (κ2) is 5.59. The quantitative estimate of drug-likeness (QED) is 0.477. The Morgan fingerprint density at radius 3 is 2.68 bits per heavy atom. The predicted molar refractivity (Wildman–Crippen MR) is 98.1 cm³/mol. The lowest BCUT2D eigenvalue weighted by Gasteiger charge is -2.24. The average Bonchev–Trinajstić information content (AvgIpc) is 3.31. The van der Waals surface area contributed by atoms with Crippen LogP contribution in [0.1, 0.15) is 5.76 Å². The third-order valence-corrected chi connectivity index (χ3v) is 5.02. The minimum absolute atomic E-state index is 0.132. The van der Waals surface area contributed by atoms with E-state index in [1.807, 2.05) is 12.1 Å². The van der Waals surface area contributed by atoms with Gasteiger partial charge in [-0.25, -0.2) is 9.18 Å². The monoisotopic (exact) mass is 379 g/mol. The summed E-state index contributed by atoms with van der Waals surface area (Å²) in [4.78, 5) is 24.7. The highest BCUT2D eigenvalue weighted by molar-refractivity contribution is 6.07. The van der Waals surface area contributed by atoms with E-state index < -0.39 is 23.3 Å². The van der Waals surface area contributed by atoms with E-state index in [-0.39, 0.29) is 18.2 Å². The van der Waals surface area contributed by atoms with Crippen LogP contribution >= 0.6 is 0 Å². The predicted octanol–water partition coefficient (Wildman–Crippen LogP) is 2.97. The molecule has 2 aromatic heterocycles. The first kappa shape index (κ1) is 16.4. The van der Waals surface area contributed by atoms with Gasteiger partial charge in [0.05, 0.1) is 6.54 Å². The zero-order valence-corrected chi connectivity index (χ0v) is 14.4. The number of hydrogen-bond acceptors (Lipinski definition) is 4. The summed E-state index contributed by atoms with van der Waals surface area (Å²) in [6, 6.07) is 12.3. The molecular weight excluding hydrogens is 365 g/mol. The minimum atomic E-state index is -1.55. The smallest absolute Gasteiger partial charge is 0.322 e. The molecule has 7 nitrogen and oxygen atoms in total. The molecule has 0 unspecified atom stereocenters. The summed E-state index contributed by atoms with van der Waals surface area (Å²) in [7, 11) is 0. The number of aromatic hydroxyl groups is 1. The van der Waals surface area contributed by atoms with E-state index in [2.05, 4.69) is 10.6 Å². The second-order valence-corrected chi connectivity index (χ2v) is 6.77. The number of imide groups is 1. The van der Waals surface area contributed by atoms with E-state index in [4.69, 9.17) is 4.42 Å². The number of aromatic nitrogens is 1. The highest BCUT2D eigenvalue weighted by atomic mass is 19.1. The molecule has 1 aliphatic rings. The maximum atomic E-state index is 13.5. The zero-order valence-electron chi connectivity index (χ0n) is 14.4. The lowest BCUT2D eigenvalue weighted by molar-refractivity contribution is -0.125. The number of carbonyl (C=O) groups excluding carboxylic acids is 2. The van der Waals surface area contributed by atoms with Crippen molar-refractivity contribution in [1.29, 1.82) is 0 Å². The Hall–Kier alpha value is -3.81. The Bertz CT molecular complexity index is 1240. The van der Waals surface area contributed by atoms with Crippen molar-refractivity contribution in [2.45, 2.75) is 12.1 Å². The van der Waals surface area contributed by atoms with Gasteiger partial charge in [0.2, 0.25) is 0 Å². The fraction of sp³-hybridized carbons (Fsp3) is 0.100. The largest absolute Gasteiger partial charge is 0.494 e. The lowest BCUT2D eigenvalue weighted by Crippen LogP contribution is -2.47. The molecule has 1 saturated heterocycles. The molecule has 1 fully saturated rings. The number of hydrogen-bond donors (Lipinski definition) is 3. The molecule has 2 aromatic carbocycles. The number of nitrogens with zero attached hydrogens (tertiary/aromatic N) is 1. The summed E-state index contributed by atoms with van der Waals surface area (Å²) in [5, 5.41) is 17.1. The van der Waals surface area contributed by atoms with Gasteiger partial charge in [-0.1, -0.05) is 18.2 Å². The van der Waals surface area contributed by atoms with Crippen LogP contribution in [-0.4, -0.2) is 21.6 Å². The lowest BCUT2D eigenvalue weighted by atomic mass is 9.96. The van der Waals surface area contributed by atoms with Crippen LogP contribution in [0.25, 0.3) is 21.7 Å². The number of carbonyl (C=O) groups is 2. The summed E-state index contributed by atoms with van der Waals surface area (Å²) in [6.07, 6.45) is 1.59. The van der Waals surface area contributed by atoms with Gasteiger partial charge in [-0.15, -0.1) is 0 Å². The minimum Gasteiger partial charge on any atom is -0.494 e. The summed E-state index contributed by atoms with van der Waals surface area (Å²) in [6.45, 7) is -0.132. The van der Waals surface area contributed by atoms with E-state index >= 15 is 0 Å². The topological polar surface area (TPSA) is 96.5 Å². The Morgan fingerprint density at radius 2 is 1.93 bits per heavy atom. The van der Waals surface area contributed by atoms with Gasteiger partial charge in [-0.3, -0.25) is 10.1 Å². The first-order valence-electron chi connectivity index (χ1n) is 8.56. The van der Waals surface area contributed by atoms with Crippen molar-refractivity contribution in [3.05, 3.63) is 66.3 Å². The van der Waals surface area contributed by atoms with Crippen LogP contribution in [0.4, 0.5) is 9.18 Å². The molecule has 0 spiro atoms. The molecule has 5 rings (SSSR count). The molecule has 4 aromatic rings. The summed E-state index contributed by atoms with van der Waals surface area (Å²) >= 11 is 0. The van der Waals surface area contributed by atoms with Crippen LogP contribution in [0.5, 0.6) is 5.88 Å². The summed E-state index contributed by atoms with van der Waals surface area (Å²) in [5.41, 5.74) is -0.990. The highest BCUT2D eigenvalue weighted by Gasteiger charge is 2.51. The molecule has 3 heterocycles.